The minimum atomic E-state index is -4.26. The van der Waals surface area contributed by atoms with Crippen LogP contribution in [-0.4, -0.2) is 78.4 Å². The number of carbonyl (C=O) groups is 2. The van der Waals surface area contributed by atoms with Gasteiger partial charge < -0.3 is 15.3 Å². The van der Waals surface area contributed by atoms with Crippen LogP contribution in [0.1, 0.15) is 33.6 Å². The molecule has 0 atom stereocenters. The summed E-state index contributed by atoms with van der Waals surface area (Å²) < 4.78 is 28.4. The number of aliphatic hydroxyl groups excluding tert-OH is 1. The second-order valence-electron chi connectivity index (χ2n) is 4.06. The molecule has 0 saturated carbocycles. The molecular formula is C12H15NaO8S. The summed E-state index contributed by atoms with van der Waals surface area (Å²) in [6.45, 7) is -0.302. The first kappa shape index (κ1) is 21.0. The van der Waals surface area contributed by atoms with Gasteiger partial charge in [0.15, 0.2) is 0 Å². The molecule has 1 rings (SSSR count). The summed E-state index contributed by atoms with van der Waals surface area (Å²) in [4.78, 5) is 21.3. The Kier molecular flexibility index (Phi) is 8.83. The Bertz CT molecular complexity index is 608. The van der Waals surface area contributed by atoms with Crippen LogP contribution in [0.25, 0.3) is 0 Å². The first-order valence-corrected chi connectivity index (χ1v) is 7.30. The Morgan fingerprint density at radius 2 is 1.50 bits per heavy atom. The molecule has 0 heterocycles. The quantitative estimate of drug-likeness (QED) is 0.338. The van der Waals surface area contributed by atoms with Crippen molar-refractivity contribution in [1.82, 2.24) is 0 Å². The normalized spacial score (nSPS) is 10.8. The standard InChI is InChI=1S/C12H14O8S.Na.H/c13-3-1-2-4-20-21(18,19)10-6-8(11(14)15)5-9(7-10)12(16)17;;/h5-7,13H,1-4H2,(H,14,15)(H,16,17);;. The molecule has 0 bridgehead atoms. The summed E-state index contributed by atoms with van der Waals surface area (Å²) in [5, 5.41) is 26.3. The second kappa shape index (κ2) is 9.23. The SMILES string of the molecule is O=C(O)c1cc(C(=O)O)cc(S(=O)(=O)OCCCCO)c1.[NaH]. The monoisotopic (exact) mass is 342 g/mol. The predicted molar refractivity (Wildman–Crippen MR) is 77.0 cm³/mol. The van der Waals surface area contributed by atoms with Gasteiger partial charge in [-0.15, -0.1) is 0 Å². The number of rotatable bonds is 8. The predicted octanol–water partition coefficient (Wildman–Crippen LogP) is -0.0877. The summed E-state index contributed by atoms with van der Waals surface area (Å²) in [7, 11) is -4.26. The molecule has 0 saturated heterocycles. The fourth-order valence-electron chi connectivity index (χ4n) is 1.44. The van der Waals surface area contributed by atoms with E-state index in [1.807, 2.05) is 0 Å². The van der Waals surface area contributed by atoms with Gasteiger partial charge in [-0.05, 0) is 31.0 Å². The number of carboxylic acids is 2. The second-order valence-corrected chi connectivity index (χ2v) is 5.68. The van der Waals surface area contributed by atoms with Gasteiger partial charge in [0.1, 0.15) is 0 Å². The van der Waals surface area contributed by atoms with Crippen LogP contribution in [0, 0.1) is 0 Å². The van der Waals surface area contributed by atoms with E-state index in [9.17, 15) is 18.0 Å². The van der Waals surface area contributed by atoms with Crippen molar-refractivity contribution in [3.8, 4) is 0 Å². The van der Waals surface area contributed by atoms with Gasteiger partial charge in [-0.2, -0.15) is 8.42 Å². The number of hydrogen-bond acceptors (Lipinski definition) is 6. The molecule has 0 amide bonds. The van der Waals surface area contributed by atoms with Crippen LogP contribution < -0.4 is 0 Å². The summed E-state index contributed by atoms with van der Waals surface area (Å²) in [5.41, 5.74) is -0.931. The Hall–Kier alpha value is -0.970. The van der Waals surface area contributed by atoms with Gasteiger partial charge in [0, 0.05) is 6.61 Å². The molecule has 0 aliphatic rings. The van der Waals surface area contributed by atoms with Gasteiger partial charge in [-0.3, -0.25) is 4.18 Å². The Balaban J connectivity index is 0.00000441. The molecule has 0 fully saturated rings. The molecule has 118 valence electrons. The van der Waals surface area contributed by atoms with Crippen LogP contribution in [0.5, 0.6) is 0 Å². The fraction of sp³-hybridized carbons (Fsp3) is 0.333. The van der Waals surface area contributed by atoms with E-state index in [-0.39, 0.29) is 42.8 Å². The van der Waals surface area contributed by atoms with Crippen LogP contribution in [0.4, 0.5) is 0 Å². The van der Waals surface area contributed by atoms with Gasteiger partial charge in [-0.1, -0.05) is 0 Å². The van der Waals surface area contributed by atoms with Crippen molar-refractivity contribution in [3.05, 3.63) is 29.3 Å². The van der Waals surface area contributed by atoms with E-state index < -0.39 is 38.1 Å². The Labute approximate surface area is 149 Å². The maximum atomic E-state index is 11.9. The van der Waals surface area contributed by atoms with E-state index in [0.29, 0.717) is 12.8 Å². The summed E-state index contributed by atoms with van der Waals surface area (Å²) in [6, 6.07) is 2.52. The number of unbranched alkanes of at least 4 members (excludes halogenated alkanes) is 1. The number of aliphatic hydroxyl groups is 1. The van der Waals surface area contributed by atoms with Gasteiger partial charge in [0.2, 0.25) is 0 Å². The van der Waals surface area contributed by atoms with Crippen LogP contribution in [-0.2, 0) is 14.3 Å². The fourth-order valence-corrected chi connectivity index (χ4v) is 2.46. The third kappa shape index (κ3) is 6.03. The van der Waals surface area contributed by atoms with Crippen LogP contribution >= 0.6 is 0 Å². The van der Waals surface area contributed by atoms with Crippen LogP contribution in [0.2, 0.25) is 0 Å². The van der Waals surface area contributed by atoms with Crippen molar-refractivity contribution in [2.75, 3.05) is 13.2 Å². The number of aromatic carboxylic acids is 2. The molecule has 0 radical (unpaired) electrons. The zero-order valence-corrected chi connectivity index (χ0v) is 11.7. The number of benzene rings is 1. The van der Waals surface area contributed by atoms with E-state index >= 15 is 0 Å². The third-order valence-corrected chi connectivity index (χ3v) is 3.77. The van der Waals surface area contributed by atoms with Crippen molar-refractivity contribution in [1.29, 1.82) is 0 Å². The zero-order chi connectivity index (χ0) is 16.0. The molecular weight excluding hydrogens is 327 g/mol. The summed E-state index contributed by atoms with van der Waals surface area (Å²) in [6.07, 6.45) is 0.644. The average molecular weight is 342 g/mol. The molecule has 1 aromatic rings. The molecule has 0 spiro atoms. The zero-order valence-electron chi connectivity index (χ0n) is 10.9. The molecule has 0 aromatic heterocycles. The van der Waals surface area contributed by atoms with Gasteiger partial charge in [0.05, 0.1) is 22.6 Å². The third-order valence-electron chi connectivity index (χ3n) is 2.48. The Morgan fingerprint density at radius 3 is 1.91 bits per heavy atom. The van der Waals surface area contributed by atoms with Gasteiger partial charge in [0.25, 0.3) is 10.1 Å². The molecule has 0 aliphatic carbocycles. The molecule has 1 aromatic carbocycles. The molecule has 8 nitrogen and oxygen atoms in total. The molecule has 10 heteroatoms. The molecule has 0 unspecified atom stereocenters. The minimum absolute atomic E-state index is 0. The van der Waals surface area contributed by atoms with Crippen LogP contribution in [0.15, 0.2) is 23.1 Å². The first-order valence-electron chi connectivity index (χ1n) is 5.90. The van der Waals surface area contributed by atoms with E-state index in [1.165, 1.54) is 0 Å². The summed E-state index contributed by atoms with van der Waals surface area (Å²) >= 11 is 0. The number of hydrogen-bond donors (Lipinski definition) is 3. The molecule has 22 heavy (non-hydrogen) atoms. The topological polar surface area (TPSA) is 138 Å². The molecule has 0 aliphatic heterocycles. The van der Waals surface area contributed by atoms with Crippen molar-refractivity contribution < 1.29 is 37.5 Å². The Morgan fingerprint density at radius 1 is 1.00 bits per heavy atom. The van der Waals surface area contributed by atoms with Crippen molar-refractivity contribution in [2.45, 2.75) is 17.7 Å². The van der Waals surface area contributed by atoms with E-state index in [4.69, 9.17) is 15.3 Å². The van der Waals surface area contributed by atoms with E-state index in [1.54, 1.807) is 0 Å². The first-order chi connectivity index (χ1) is 9.77. The van der Waals surface area contributed by atoms with Crippen molar-refractivity contribution in [3.63, 3.8) is 0 Å². The van der Waals surface area contributed by atoms with Crippen LogP contribution in [0.3, 0.4) is 0 Å². The van der Waals surface area contributed by atoms with E-state index in [2.05, 4.69) is 4.18 Å². The maximum absolute atomic E-state index is 11.9. The van der Waals surface area contributed by atoms with Gasteiger partial charge in [-0.25, -0.2) is 9.59 Å². The molecule has 3 N–H and O–H groups in total. The summed E-state index contributed by atoms with van der Waals surface area (Å²) in [5.74, 6) is -2.90. The average Bonchev–Trinajstić information content (AvgIpc) is 2.43. The van der Waals surface area contributed by atoms with Crippen molar-refractivity contribution >= 4 is 51.6 Å². The van der Waals surface area contributed by atoms with Crippen molar-refractivity contribution in [2.24, 2.45) is 0 Å². The number of carboxylic acid groups (broad SMARTS) is 2. The van der Waals surface area contributed by atoms with E-state index in [0.717, 1.165) is 18.2 Å². The van der Waals surface area contributed by atoms with Gasteiger partial charge >= 0.3 is 41.5 Å².